The summed E-state index contributed by atoms with van der Waals surface area (Å²) in [6.45, 7) is 5.26. The van der Waals surface area contributed by atoms with Crippen molar-refractivity contribution >= 4 is 44.3 Å². The lowest BCUT2D eigenvalue weighted by Gasteiger charge is -2.26. The number of ether oxygens (including phenoxy) is 2. The number of anilines is 1. The molecule has 0 bridgehead atoms. The molecule has 1 saturated heterocycles. The summed E-state index contributed by atoms with van der Waals surface area (Å²) >= 11 is 1.18. The molecule has 198 valence electrons. The van der Waals surface area contributed by atoms with Gasteiger partial charge in [0, 0.05) is 25.9 Å². The molecule has 10 nitrogen and oxygen atoms in total. The predicted molar refractivity (Wildman–Crippen MR) is 143 cm³/mol. The zero-order valence-electron chi connectivity index (χ0n) is 20.9. The minimum Gasteiger partial charge on any atom is -0.383 e. The summed E-state index contributed by atoms with van der Waals surface area (Å²) in [7, 11) is -2.05. The fourth-order valence-electron chi connectivity index (χ4n) is 4.01. The number of fused-ring (bicyclic) bond motifs is 1. The lowest BCUT2D eigenvalue weighted by Crippen LogP contribution is -2.40. The smallest absolute Gasteiger partial charge is 0.262 e. The summed E-state index contributed by atoms with van der Waals surface area (Å²) in [5.74, 6) is -0.304. The van der Waals surface area contributed by atoms with Crippen LogP contribution in [-0.4, -0.2) is 73.5 Å². The minimum atomic E-state index is -3.62. The molecule has 3 aromatic rings. The van der Waals surface area contributed by atoms with E-state index in [0.29, 0.717) is 54.7 Å². The summed E-state index contributed by atoms with van der Waals surface area (Å²) in [4.78, 5) is 31.0. The quantitative estimate of drug-likeness (QED) is 0.321. The van der Waals surface area contributed by atoms with Gasteiger partial charge in [0.1, 0.15) is 0 Å². The molecule has 12 heteroatoms. The first-order valence-electron chi connectivity index (χ1n) is 11.9. The summed E-state index contributed by atoms with van der Waals surface area (Å²) in [6, 6.07) is 12.9. The van der Waals surface area contributed by atoms with E-state index in [-0.39, 0.29) is 22.4 Å². The van der Waals surface area contributed by atoms with Crippen molar-refractivity contribution in [2.45, 2.75) is 35.2 Å². The summed E-state index contributed by atoms with van der Waals surface area (Å²) in [6.07, 6.45) is 0. The fourth-order valence-corrected chi connectivity index (χ4v) is 6.43. The number of rotatable bonds is 9. The van der Waals surface area contributed by atoms with Crippen LogP contribution in [0, 0.1) is 0 Å². The van der Waals surface area contributed by atoms with Gasteiger partial charge in [-0.3, -0.25) is 14.2 Å². The van der Waals surface area contributed by atoms with Crippen molar-refractivity contribution in [2.75, 3.05) is 45.3 Å². The van der Waals surface area contributed by atoms with Crippen LogP contribution in [0.3, 0.4) is 0 Å². The normalized spacial score (nSPS) is 16.4. The number of nitrogens with one attached hydrogen (secondary N) is 1. The van der Waals surface area contributed by atoms with Crippen LogP contribution in [0.15, 0.2) is 63.4 Å². The van der Waals surface area contributed by atoms with Crippen LogP contribution < -0.4 is 10.9 Å². The van der Waals surface area contributed by atoms with E-state index >= 15 is 0 Å². The van der Waals surface area contributed by atoms with E-state index in [1.165, 1.54) is 28.2 Å². The third-order valence-corrected chi connectivity index (χ3v) is 8.98. The average molecular weight is 547 g/mol. The lowest BCUT2D eigenvalue weighted by atomic mass is 10.2. The number of amides is 1. The molecular formula is C25H30N4O6S2. The van der Waals surface area contributed by atoms with E-state index in [1.54, 1.807) is 48.9 Å². The van der Waals surface area contributed by atoms with Crippen molar-refractivity contribution < 1.29 is 22.7 Å². The number of methoxy groups -OCH3 is 1. The van der Waals surface area contributed by atoms with Crippen LogP contribution in [0.2, 0.25) is 0 Å². The monoisotopic (exact) mass is 546 g/mol. The minimum absolute atomic E-state index is 0.159. The van der Waals surface area contributed by atoms with E-state index in [2.05, 4.69) is 10.3 Å². The molecule has 0 radical (unpaired) electrons. The first kappa shape index (κ1) is 27.3. The van der Waals surface area contributed by atoms with Gasteiger partial charge in [0.15, 0.2) is 5.16 Å². The molecule has 1 aromatic heterocycles. The van der Waals surface area contributed by atoms with Crippen LogP contribution in [0.25, 0.3) is 10.9 Å². The van der Waals surface area contributed by atoms with Gasteiger partial charge in [0.25, 0.3) is 5.56 Å². The molecule has 2 heterocycles. The highest BCUT2D eigenvalue weighted by atomic mass is 32.2. The first-order valence-corrected chi connectivity index (χ1v) is 14.2. The van der Waals surface area contributed by atoms with Gasteiger partial charge in [-0.15, -0.1) is 0 Å². The van der Waals surface area contributed by atoms with Crippen LogP contribution >= 0.6 is 11.8 Å². The standard InChI is InChI=1S/C25H30N4O6S2/c1-17(16-34-3)29-24(31)21-6-4-5-7-22(21)27-25(29)36-18(2)23(30)26-19-8-10-20(11-9-19)37(32,33)28-12-14-35-15-13-28/h4-11,17-18H,12-16H2,1-3H3,(H,26,30)/t17-,18+/m0/s1. The number of benzene rings is 2. The van der Waals surface area contributed by atoms with Gasteiger partial charge in [0.2, 0.25) is 15.9 Å². The number of hydrogen-bond acceptors (Lipinski definition) is 8. The second-order valence-electron chi connectivity index (χ2n) is 8.68. The highest BCUT2D eigenvalue weighted by Crippen LogP contribution is 2.26. The van der Waals surface area contributed by atoms with E-state index in [4.69, 9.17) is 9.47 Å². The largest absolute Gasteiger partial charge is 0.383 e. The van der Waals surface area contributed by atoms with Crippen molar-refractivity contribution in [3.63, 3.8) is 0 Å². The molecule has 4 rings (SSSR count). The molecule has 0 spiro atoms. The van der Waals surface area contributed by atoms with Gasteiger partial charge in [-0.25, -0.2) is 13.4 Å². The van der Waals surface area contributed by atoms with Crippen LogP contribution in [-0.2, 0) is 24.3 Å². The lowest BCUT2D eigenvalue weighted by molar-refractivity contribution is -0.115. The Labute approximate surface area is 220 Å². The second kappa shape index (κ2) is 11.7. The van der Waals surface area contributed by atoms with E-state index in [0.717, 1.165) is 0 Å². The Balaban J connectivity index is 1.51. The molecule has 0 aliphatic carbocycles. The second-order valence-corrected chi connectivity index (χ2v) is 11.9. The highest BCUT2D eigenvalue weighted by molar-refractivity contribution is 8.00. The van der Waals surface area contributed by atoms with Gasteiger partial charge in [-0.05, 0) is 50.2 Å². The van der Waals surface area contributed by atoms with Gasteiger partial charge < -0.3 is 14.8 Å². The topological polar surface area (TPSA) is 120 Å². The van der Waals surface area contributed by atoms with Gasteiger partial charge in [-0.2, -0.15) is 4.31 Å². The maximum atomic E-state index is 13.2. The van der Waals surface area contributed by atoms with E-state index in [9.17, 15) is 18.0 Å². The van der Waals surface area contributed by atoms with E-state index in [1.807, 2.05) is 13.0 Å². The number of para-hydroxylation sites is 1. The number of carbonyl (C=O) groups excluding carboxylic acids is 1. The van der Waals surface area contributed by atoms with Crippen LogP contribution in [0.5, 0.6) is 0 Å². The zero-order valence-corrected chi connectivity index (χ0v) is 22.5. The molecular weight excluding hydrogens is 516 g/mol. The van der Waals surface area contributed by atoms with Gasteiger partial charge in [-0.1, -0.05) is 23.9 Å². The van der Waals surface area contributed by atoms with Crippen molar-refractivity contribution in [1.29, 1.82) is 0 Å². The average Bonchev–Trinajstić information content (AvgIpc) is 2.89. The van der Waals surface area contributed by atoms with Crippen molar-refractivity contribution in [1.82, 2.24) is 13.9 Å². The highest BCUT2D eigenvalue weighted by Gasteiger charge is 2.26. The number of carbonyl (C=O) groups is 1. The zero-order chi connectivity index (χ0) is 26.6. The van der Waals surface area contributed by atoms with E-state index < -0.39 is 15.3 Å². The van der Waals surface area contributed by atoms with Crippen molar-refractivity contribution in [2.24, 2.45) is 0 Å². The molecule has 0 saturated carbocycles. The molecule has 1 aliphatic rings. The summed E-state index contributed by atoms with van der Waals surface area (Å²) in [5.41, 5.74) is 0.831. The molecule has 1 amide bonds. The Morgan fingerprint density at radius 3 is 2.49 bits per heavy atom. The molecule has 2 atom stereocenters. The third-order valence-electron chi connectivity index (χ3n) is 6.01. The molecule has 1 fully saturated rings. The van der Waals surface area contributed by atoms with Gasteiger partial charge in [0.05, 0.1) is 46.9 Å². The maximum Gasteiger partial charge on any atom is 0.262 e. The SMILES string of the molecule is COC[C@H](C)n1c(S[C@H](C)C(=O)Nc2ccc(S(=O)(=O)N3CCOCC3)cc2)nc2ccccc2c1=O. The Morgan fingerprint density at radius 1 is 1.14 bits per heavy atom. The number of hydrogen-bond donors (Lipinski definition) is 1. The first-order chi connectivity index (χ1) is 17.7. The number of sulfonamides is 1. The van der Waals surface area contributed by atoms with Gasteiger partial charge >= 0.3 is 0 Å². The Bertz CT molecular complexity index is 1420. The maximum absolute atomic E-state index is 13.2. The molecule has 37 heavy (non-hydrogen) atoms. The number of aromatic nitrogens is 2. The van der Waals surface area contributed by atoms with Crippen LogP contribution in [0.4, 0.5) is 5.69 Å². The predicted octanol–water partition coefficient (Wildman–Crippen LogP) is 2.74. The Kier molecular flexibility index (Phi) is 8.65. The van der Waals surface area contributed by atoms with Crippen LogP contribution in [0.1, 0.15) is 19.9 Å². The molecule has 2 aromatic carbocycles. The Morgan fingerprint density at radius 2 is 1.81 bits per heavy atom. The molecule has 0 unspecified atom stereocenters. The number of morpholine rings is 1. The third kappa shape index (κ3) is 6.04. The summed E-state index contributed by atoms with van der Waals surface area (Å²) in [5, 5.41) is 3.14. The summed E-state index contributed by atoms with van der Waals surface area (Å²) < 4.78 is 39.1. The molecule has 1 N–H and O–H groups in total. The van der Waals surface area contributed by atoms with Crippen molar-refractivity contribution in [3.05, 3.63) is 58.9 Å². The number of nitrogens with zero attached hydrogens (tertiary/aromatic N) is 3. The Hall–Kier alpha value is -2.77. The van der Waals surface area contributed by atoms with Crippen molar-refractivity contribution in [3.8, 4) is 0 Å². The number of thioether (sulfide) groups is 1. The fraction of sp³-hybridized carbons (Fsp3) is 0.400. The molecule has 1 aliphatic heterocycles.